The molecule has 0 aliphatic carbocycles. The van der Waals surface area contributed by atoms with Gasteiger partial charge in [0.25, 0.3) is 5.56 Å². The molecule has 1 N–H and O–H groups in total. The molecule has 5 nitrogen and oxygen atoms in total. The van der Waals surface area contributed by atoms with E-state index in [-0.39, 0.29) is 11.2 Å². The zero-order valence-electron chi connectivity index (χ0n) is 14.9. The number of benzene rings is 2. The van der Waals surface area contributed by atoms with E-state index in [1.165, 1.54) is 5.56 Å². The van der Waals surface area contributed by atoms with Crippen LogP contribution in [0.3, 0.4) is 0 Å². The fourth-order valence-electron chi connectivity index (χ4n) is 4.02. The van der Waals surface area contributed by atoms with Crippen LogP contribution in [0.25, 0.3) is 10.9 Å². The smallest absolute Gasteiger partial charge is 0.306 e. The van der Waals surface area contributed by atoms with Gasteiger partial charge in [-0.05, 0) is 43.0 Å². The van der Waals surface area contributed by atoms with E-state index in [9.17, 15) is 9.59 Å². The maximum Gasteiger partial charge on any atom is 0.328 e. The van der Waals surface area contributed by atoms with Crippen LogP contribution in [0.4, 0.5) is 0 Å². The van der Waals surface area contributed by atoms with Crippen molar-refractivity contribution in [2.24, 2.45) is 5.92 Å². The first-order chi connectivity index (χ1) is 12.6. The summed E-state index contributed by atoms with van der Waals surface area (Å²) < 4.78 is 1.74. The maximum atomic E-state index is 12.3. The van der Waals surface area contributed by atoms with Crippen molar-refractivity contribution in [3.8, 4) is 0 Å². The van der Waals surface area contributed by atoms with Crippen LogP contribution in [0.1, 0.15) is 11.1 Å². The Bertz CT molecular complexity index is 1040. The molecule has 1 unspecified atom stereocenters. The second-order valence-corrected chi connectivity index (χ2v) is 7.25. The molecule has 0 fully saturated rings. The zero-order valence-corrected chi connectivity index (χ0v) is 14.9. The van der Waals surface area contributed by atoms with Crippen LogP contribution < -0.4 is 11.2 Å². The normalized spacial score (nSPS) is 16.3. The van der Waals surface area contributed by atoms with Crippen molar-refractivity contribution in [1.82, 2.24) is 14.5 Å². The molecule has 0 bridgehead atoms. The Kier molecular flexibility index (Phi) is 4.47. The number of likely N-dealkylation sites (N-methyl/N-ethyl adjacent to an activating group) is 1. The standard InChI is InChI=1S/C21H23N3O2/c1-23(11-10-15-6-3-2-4-7-15)13-16-12-17-8-5-9-18-19(17)24(14-16)21(26)22-20(18)25/h2-9,16H,10-14H2,1H3,(H,22,25,26). The van der Waals surface area contributed by atoms with E-state index in [0.717, 1.165) is 37.0 Å². The predicted molar refractivity (Wildman–Crippen MR) is 104 cm³/mol. The molecule has 1 aromatic heterocycles. The summed E-state index contributed by atoms with van der Waals surface area (Å²) in [6.07, 6.45) is 1.92. The number of H-pyrrole nitrogens is 1. The molecule has 2 aromatic carbocycles. The minimum absolute atomic E-state index is 0.290. The summed E-state index contributed by atoms with van der Waals surface area (Å²) in [7, 11) is 2.13. The average Bonchev–Trinajstić information content (AvgIpc) is 2.65. The van der Waals surface area contributed by atoms with Crippen LogP contribution in [-0.4, -0.2) is 34.6 Å². The fraction of sp³-hybridized carbons (Fsp3) is 0.333. The van der Waals surface area contributed by atoms with Gasteiger partial charge in [-0.25, -0.2) is 4.79 Å². The van der Waals surface area contributed by atoms with Crippen molar-refractivity contribution in [2.75, 3.05) is 20.1 Å². The molecule has 2 heterocycles. The first kappa shape index (κ1) is 16.8. The van der Waals surface area contributed by atoms with E-state index < -0.39 is 0 Å². The Balaban J connectivity index is 1.50. The largest absolute Gasteiger partial charge is 0.328 e. The third-order valence-electron chi connectivity index (χ3n) is 5.24. The Morgan fingerprint density at radius 3 is 2.73 bits per heavy atom. The van der Waals surface area contributed by atoms with Gasteiger partial charge in [0.1, 0.15) is 0 Å². The van der Waals surface area contributed by atoms with Crippen LogP contribution in [0, 0.1) is 5.92 Å². The van der Waals surface area contributed by atoms with Gasteiger partial charge in [0, 0.05) is 19.6 Å². The molecule has 5 heteroatoms. The predicted octanol–water partition coefficient (Wildman–Crippen LogP) is 2.04. The minimum atomic E-state index is -0.299. The van der Waals surface area contributed by atoms with Crippen molar-refractivity contribution in [2.45, 2.75) is 19.4 Å². The third kappa shape index (κ3) is 3.22. The molecule has 0 saturated carbocycles. The molecule has 1 aliphatic rings. The number of hydrogen-bond acceptors (Lipinski definition) is 3. The molecule has 3 aromatic rings. The van der Waals surface area contributed by atoms with Gasteiger partial charge in [-0.3, -0.25) is 14.3 Å². The summed E-state index contributed by atoms with van der Waals surface area (Å²) in [6.45, 7) is 2.56. The summed E-state index contributed by atoms with van der Waals surface area (Å²) in [6, 6.07) is 16.2. The minimum Gasteiger partial charge on any atom is -0.306 e. The van der Waals surface area contributed by atoms with Crippen LogP contribution in [-0.2, 0) is 19.4 Å². The second-order valence-electron chi connectivity index (χ2n) is 7.25. The highest BCUT2D eigenvalue weighted by molar-refractivity contribution is 5.81. The van der Waals surface area contributed by atoms with Gasteiger partial charge in [-0.1, -0.05) is 42.5 Å². The Morgan fingerprint density at radius 1 is 1.12 bits per heavy atom. The first-order valence-corrected chi connectivity index (χ1v) is 9.09. The van der Waals surface area contributed by atoms with Crippen LogP contribution in [0.2, 0.25) is 0 Å². The number of hydrogen-bond donors (Lipinski definition) is 1. The van der Waals surface area contributed by atoms with E-state index in [0.29, 0.717) is 17.8 Å². The van der Waals surface area contributed by atoms with E-state index in [4.69, 9.17) is 0 Å². The van der Waals surface area contributed by atoms with Crippen LogP contribution in [0.15, 0.2) is 58.1 Å². The molecule has 0 spiro atoms. The van der Waals surface area contributed by atoms with E-state index >= 15 is 0 Å². The van der Waals surface area contributed by atoms with Gasteiger partial charge in [-0.2, -0.15) is 0 Å². The van der Waals surface area contributed by atoms with Gasteiger partial charge < -0.3 is 4.90 Å². The van der Waals surface area contributed by atoms with Gasteiger partial charge >= 0.3 is 5.69 Å². The third-order valence-corrected chi connectivity index (χ3v) is 5.24. The summed E-state index contributed by atoms with van der Waals surface area (Å²) in [5.41, 5.74) is 2.66. The molecule has 1 atom stereocenters. The molecular formula is C21H23N3O2. The molecule has 0 amide bonds. The van der Waals surface area contributed by atoms with Crippen molar-refractivity contribution in [3.63, 3.8) is 0 Å². The summed E-state index contributed by atoms with van der Waals surface area (Å²) in [4.78, 5) is 29.1. The van der Waals surface area contributed by atoms with E-state index in [2.05, 4.69) is 41.2 Å². The topological polar surface area (TPSA) is 58.1 Å². The number of nitrogens with zero attached hydrogens (tertiary/aromatic N) is 2. The fourth-order valence-corrected chi connectivity index (χ4v) is 4.02. The molecule has 26 heavy (non-hydrogen) atoms. The lowest BCUT2D eigenvalue weighted by Crippen LogP contribution is -2.39. The highest BCUT2D eigenvalue weighted by Crippen LogP contribution is 2.24. The number of aromatic amines is 1. The highest BCUT2D eigenvalue weighted by Gasteiger charge is 2.23. The molecular weight excluding hydrogens is 326 g/mol. The van der Waals surface area contributed by atoms with E-state index in [1.807, 2.05) is 18.2 Å². The summed E-state index contributed by atoms with van der Waals surface area (Å²) in [5.74, 6) is 0.359. The van der Waals surface area contributed by atoms with Gasteiger partial charge in [0.15, 0.2) is 0 Å². The lowest BCUT2D eigenvalue weighted by molar-refractivity contribution is 0.254. The Hall–Kier alpha value is -2.66. The lowest BCUT2D eigenvalue weighted by atomic mass is 9.93. The molecule has 134 valence electrons. The highest BCUT2D eigenvalue weighted by atomic mass is 16.2. The van der Waals surface area contributed by atoms with Crippen molar-refractivity contribution in [3.05, 3.63) is 80.5 Å². The second kappa shape index (κ2) is 6.92. The number of aromatic nitrogens is 2. The van der Waals surface area contributed by atoms with E-state index in [1.54, 1.807) is 10.6 Å². The average molecular weight is 349 g/mol. The van der Waals surface area contributed by atoms with Crippen LogP contribution >= 0.6 is 0 Å². The number of nitrogens with one attached hydrogen (secondary N) is 1. The van der Waals surface area contributed by atoms with Gasteiger partial charge in [-0.15, -0.1) is 0 Å². The van der Waals surface area contributed by atoms with Crippen molar-refractivity contribution in [1.29, 1.82) is 0 Å². The molecule has 4 rings (SSSR count). The Labute approximate surface area is 151 Å². The Morgan fingerprint density at radius 2 is 1.92 bits per heavy atom. The van der Waals surface area contributed by atoms with Gasteiger partial charge in [0.2, 0.25) is 0 Å². The van der Waals surface area contributed by atoms with Crippen LogP contribution in [0.5, 0.6) is 0 Å². The maximum absolute atomic E-state index is 12.3. The molecule has 0 saturated heterocycles. The molecule has 0 radical (unpaired) electrons. The quantitative estimate of drug-likeness (QED) is 0.767. The van der Waals surface area contributed by atoms with Crippen molar-refractivity contribution >= 4 is 10.9 Å². The SMILES string of the molecule is CN(CCc1ccccc1)CC1Cc2cccc3c(=O)[nH]c(=O)n(c23)C1. The lowest BCUT2D eigenvalue weighted by Gasteiger charge is -2.29. The first-order valence-electron chi connectivity index (χ1n) is 9.09. The van der Waals surface area contributed by atoms with Crippen molar-refractivity contribution < 1.29 is 0 Å². The molecule has 1 aliphatic heterocycles. The number of para-hydroxylation sites is 1. The zero-order chi connectivity index (χ0) is 18.1. The summed E-state index contributed by atoms with van der Waals surface area (Å²) in [5, 5.41) is 0.609. The monoisotopic (exact) mass is 349 g/mol. The number of rotatable bonds is 5. The van der Waals surface area contributed by atoms with Gasteiger partial charge in [0.05, 0.1) is 10.9 Å². The summed E-state index contributed by atoms with van der Waals surface area (Å²) >= 11 is 0.